The highest BCUT2D eigenvalue weighted by atomic mass is 19.4. The second kappa shape index (κ2) is 9.42. The van der Waals surface area contributed by atoms with Gasteiger partial charge >= 0.3 is 12.4 Å². The maximum atomic E-state index is 13.0. The van der Waals surface area contributed by atoms with Crippen LogP contribution in [0.5, 0.6) is 0 Å². The Kier molecular flexibility index (Phi) is 6.86. The van der Waals surface area contributed by atoms with Gasteiger partial charge in [-0.2, -0.15) is 26.3 Å². The molecule has 0 radical (unpaired) electrons. The Bertz CT molecular complexity index is 1050. The van der Waals surface area contributed by atoms with Crippen molar-refractivity contribution in [2.45, 2.75) is 31.7 Å². The summed E-state index contributed by atoms with van der Waals surface area (Å²) in [5.41, 5.74) is -0.508. The van der Waals surface area contributed by atoms with Crippen molar-refractivity contribution in [3.63, 3.8) is 0 Å². The van der Waals surface area contributed by atoms with E-state index >= 15 is 0 Å². The lowest BCUT2D eigenvalue weighted by Gasteiger charge is -2.14. The topological polar surface area (TPSA) is 42.0 Å². The zero-order chi connectivity index (χ0) is 23.4. The molecule has 0 saturated heterocycles. The number of benzene rings is 2. The molecule has 9 heteroatoms. The molecule has 32 heavy (non-hydrogen) atoms. The van der Waals surface area contributed by atoms with Crippen LogP contribution in [0.4, 0.5) is 26.3 Å². The Morgan fingerprint density at radius 1 is 0.875 bits per heavy atom. The Morgan fingerprint density at radius 3 is 2.09 bits per heavy atom. The van der Waals surface area contributed by atoms with Crippen molar-refractivity contribution in [2.75, 3.05) is 0 Å². The molecule has 2 aromatic carbocycles. The van der Waals surface area contributed by atoms with E-state index in [4.69, 9.17) is 0 Å². The molecule has 0 fully saturated rings. The Balaban J connectivity index is 1.68. The van der Waals surface area contributed by atoms with Gasteiger partial charge in [0.15, 0.2) is 0 Å². The first-order chi connectivity index (χ1) is 15.0. The monoisotopic (exact) mass is 452 g/mol. The third kappa shape index (κ3) is 6.09. The van der Waals surface area contributed by atoms with E-state index in [1.54, 1.807) is 18.5 Å². The molecule has 1 N–H and O–H groups in total. The van der Waals surface area contributed by atoms with Crippen LogP contribution >= 0.6 is 0 Å². The normalized spacial score (nSPS) is 11.9. The molecule has 168 valence electrons. The first kappa shape index (κ1) is 23.3. The zero-order valence-corrected chi connectivity index (χ0v) is 16.6. The van der Waals surface area contributed by atoms with Crippen molar-refractivity contribution < 1.29 is 31.1 Å². The van der Waals surface area contributed by atoms with Crippen molar-refractivity contribution in [2.24, 2.45) is 0 Å². The van der Waals surface area contributed by atoms with Crippen LogP contribution in [0, 0.1) is 0 Å². The molecule has 0 unspecified atom stereocenters. The van der Waals surface area contributed by atoms with E-state index in [0.29, 0.717) is 12.1 Å². The fourth-order valence-electron chi connectivity index (χ4n) is 3.17. The number of nitrogens with one attached hydrogen (secondary N) is 1. The number of pyridine rings is 1. The standard InChI is InChI=1S/C23H18F6N2O/c24-22(25,26)18-10-15(11-19(12-18)23(27,28)29)6-7-21(32)31-14-17-13-30-9-8-20(17)16-4-2-1-3-5-16/h1-5,8-13H,6-7,14H2,(H,31,32). The fraction of sp³-hybridized carbons (Fsp3) is 0.217. The van der Waals surface area contributed by atoms with Gasteiger partial charge in [0.05, 0.1) is 11.1 Å². The number of alkyl halides is 6. The average Bonchev–Trinajstić information content (AvgIpc) is 2.75. The van der Waals surface area contributed by atoms with Crippen LogP contribution in [0.15, 0.2) is 67.0 Å². The summed E-state index contributed by atoms with van der Waals surface area (Å²) in [5.74, 6) is -0.501. The quantitative estimate of drug-likeness (QED) is 0.464. The van der Waals surface area contributed by atoms with Crippen LogP contribution < -0.4 is 5.32 Å². The molecule has 1 heterocycles. The van der Waals surface area contributed by atoms with Gasteiger partial charge in [-0.1, -0.05) is 30.3 Å². The second-order valence-corrected chi connectivity index (χ2v) is 7.09. The molecule has 0 aliphatic carbocycles. The maximum Gasteiger partial charge on any atom is 0.416 e. The van der Waals surface area contributed by atoms with Crippen LogP contribution in [-0.4, -0.2) is 10.9 Å². The number of aryl methyl sites for hydroxylation is 1. The highest BCUT2D eigenvalue weighted by Crippen LogP contribution is 2.36. The summed E-state index contributed by atoms with van der Waals surface area (Å²) < 4.78 is 77.8. The molecular weight excluding hydrogens is 434 g/mol. The lowest BCUT2D eigenvalue weighted by molar-refractivity contribution is -0.143. The molecule has 0 saturated carbocycles. The molecule has 0 atom stereocenters. The number of rotatable bonds is 6. The van der Waals surface area contributed by atoms with Crippen LogP contribution in [0.2, 0.25) is 0 Å². The van der Waals surface area contributed by atoms with E-state index in [2.05, 4.69) is 10.3 Å². The van der Waals surface area contributed by atoms with Gasteiger partial charge in [0.1, 0.15) is 0 Å². The molecule has 0 spiro atoms. The molecule has 0 aliphatic heterocycles. The smallest absolute Gasteiger partial charge is 0.352 e. The Labute approximate surface area is 180 Å². The Morgan fingerprint density at radius 2 is 1.50 bits per heavy atom. The molecule has 1 aromatic heterocycles. The van der Waals surface area contributed by atoms with Crippen molar-refractivity contribution in [3.8, 4) is 11.1 Å². The third-order valence-corrected chi connectivity index (χ3v) is 4.75. The molecule has 0 aliphatic rings. The van der Waals surface area contributed by atoms with E-state index < -0.39 is 29.4 Å². The van der Waals surface area contributed by atoms with Gasteiger partial charge in [-0.05, 0) is 52.9 Å². The number of carbonyl (C=O) groups excluding carboxylic acids is 1. The first-order valence-electron chi connectivity index (χ1n) is 9.57. The average molecular weight is 452 g/mol. The Hall–Kier alpha value is -3.36. The van der Waals surface area contributed by atoms with Crippen molar-refractivity contribution in [1.29, 1.82) is 0 Å². The summed E-state index contributed by atoms with van der Waals surface area (Å²) in [4.78, 5) is 16.3. The van der Waals surface area contributed by atoms with Gasteiger partial charge in [0, 0.05) is 25.4 Å². The van der Waals surface area contributed by atoms with Gasteiger partial charge in [-0.15, -0.1) is 0 Å². The number of hydrogen-bond acceptors (Lipinski definition) is 2. The van der Waals surface area contributed by atoms with E-state index in [1.165, 1.54) is 0 Å². The van der Waals surface area contributed by atoms with Crippen molar-refractivity contribution in [3.05, 3.63) is 89.2 Å². The fourth-order valence-corrected chi connectivity index (χ4v) is 3.17. The van der Waals surface area contributed by atoms with E-state index in [1.807, 2.05) is 30.3 Å². The third-order valence-electron chi connectivity index (χ3n) is 4.75. The highest BCUT2D eigenvalue weighted by molar-refractivity contribution is 5.76. The summed E-state index contributed by atoms with van der Waals surface area (Å²) in [6, 6.07) is 12.5. The minimum Gasteiger partial charge on any atom is -0.352 e. The summed E-state index contributed by atoms with van der Waals surface area (Å²) in [5, 5.41) is 2.65. The number of amides is 1. The molecular formula is C23H18F6N2O. The van der Waals surface area contributed by atoms with Crippen molar-refractivity contribution >= 4 is 5.91 Å². The lowest BCUT2D eigenvalue weighted by Crippen LogP contribution is -2.23. The van der Waals surface area contributed by atoms with Gasteiger partial charge in [-0.25, -0.2) is 0 Å². The van der Waals surface area contributed by atoms with E-state index in [0.717, 1.165) is 16.7 Å². The SMILES string of the molecule is O=C(CCc1cc(C(F)(F)F)cc(C(F)(F)F)c1)NCc1cnccc1-c1ccccc1. The molecule has 3 nitrogen and oxygen atoms in total. The van der Waals surface area contributed by atoms with Crippen LogP contribution in [0.3, 0.4) is 0 Å². The van der Waals surface area contributed by atoms with Gasteiger partial charge in [0.2, 0.25) is 5.91 Å². The molecule has 0 bridgehead atoms. The van der Waals surface area contributed by atoms with Crippen LogP contribution in [0.1, 0.15) is 28.7 Å². The van der Waals surface area contributed by atoms with Gasteiger partial charge < -0.3 is 5.32 Å². The van der Waals surface area contributed by atoms with E-state index in [9.17, 15) is 31.1 Å². The van der Waals surface area contributed by atoms with Crippen LogP contribution in [-0.2, 0) is 30.1 Å². The van der Waals surface area contributed by atoms with E-state index in [-0.39, 0.29) is 31.0 Å². The maximum absolute atomic E-state index is 13.0. The summed E-state index contributed by atoms with van der Waals surface area (Å²) in [6.45, 7) is 0.118. The van der Waals surface area contributed by atoms with Crippen LogP contribution in [0.25, 0.3) is 11.1 Å². The number of hydrogen-bond donors (Lipinski definition) is 1. The number of halogens is 6. The lowest BCUT2D eigenvalue weighted by atomic mass is 10.0. The second-order valence-electron chi connectivity index (χ2n) is 7.09. The minimum absolute atomic E-state index is 0.0666. The summed E-state index contributed by atoms with van der Waals surface area (Å²) in [6.07, 6.45) is -7.18. The highest BCUT2D eigenvalue weighted by Gasteiger charge is 2.36. The zero-order valence-electron chi connectivity index (χ0n) is 16.6. The predicted octanol–water partition coefficient (Wildman–Crippen LogP) is 6.04. The number of carbonyl (C=O) groups is 1. The summed E-state index contributed by atoms with van der Waals surface area (Å²) in [7, 11) is 0. The molecule has 3 aromatic rings. The largest absolute Gasteiger partial charge is 0.416 e. The minimum atomic E-state index is -4.92. The first-order valence-corrected chi connectivity index (χ1v) is 9.57. The molecule has 3 rings (SSSR count). The summed E-state index contributed by atoms with van der Waals surface area (Å²) >= 11 is 0. The van der Waals surface area contributed by atoms with Gasteiger partial charge in [-0.3, -0.25) is 9.78 Å². The van der Waals surface area contributed by atoms with Gasteiger partial charge in [0.25, 0.3) is 0 Å². The molecule has 1 amide bonds. The number of nitrogens with zero attached hydrogens (tertiary/aromatic N) is 1. The predicted molar refractivity (Wildman–Crippen MR) is 106 cm³/mol. The van der Waals surface area contributed by atoms with Crippen molar-refractivity contribution in [1.82, 2.24) is 10.3 Å². The number of aromatic nitrogens is 1.